The lowest BCUT2D eigenvalue weighted by Gasteiger charge is -2.41. The molecular formula is C16H20N2O4S. The second-order valence-electron chi connectivity index (χ2n) is 6.68. The van der Waals surface area contributed by atoms with Gasteiger partial charge in [-0.2, -0.15) is 4.31 Å². The van der Waals surface area contributed by atoms with Crippen LogP contribution in [0.3, 0.4) is 0 Å². The number of fused-ring (bicyclic) bond motifs is 1. The molecule has 2 heterocycles. The van der Waals surface area contributed by atoms with Gasteiger partial charge in [0, 0.05) is 30.6 Å². The van der Waals surface area contributed by atoms with Gasteiger partial charge in [0.05, 0.1) is 4.90 Å². The maximum atomic E-state index is 12.9. The van der Waals surface area contributed by atoms with Crippen molar-refractivity contribution >= 4 is 21.0 Å². The zero-order valence-electron chi connectivity index (χ0n) is 13.2. The molecule has 1 saturated heterocycles. The maximum Gasteiger partial charge on any atom is 0.336 e. The first-order valence-corrected chi connectivity index (χ1v) is 8.94. The molecule has 6 nitrogen and oxygen atoms in total. The molecule has 2 N–H and O–H groups in total. The van der Waals surface area contributed by atoms with Crippen molar-refractivity contribution in [3.8, 4) is 0 Å². The molecule has 0 radical (unpaired) electrons. The Morgan fingerprint density at radius 2 is 2.00 bits per heavy atom. The van der Waals surface area contributed by atoms with Crippen molar-refractivity contribution in [2.75, 3.05) is 13.1 Å². The second kappa shape index (κ2) is 5.43. The van der Waals surface area contributed by atoms with Crippen LogP contribution in [0, 0.1) is 5.41 Å². The smallest absolute Gasteiger partial charge is 0.336 e. The molecule has 0 amide bonds. The van der Waals surface area contributed by atoms with E-state index in [2.05, 4.69) is 0 Å². The minimum atomic E-state index is -3.60. The van der Waals surface area contributed by atoms with Crippen LogP contribution in [0.15, 0.2) is 44.4 Å². The largest absolute Gasteiger partial charge is 0.423 e. The minimum absolute atomic E-state index is 0.0140. The average molecular weight is 336 g/mol. The third kappa shape index (κ3) is 2.91. The molecule has 0 spiro atoms. The summed E-state index contributed by atoms with van der Waals surface area (Å²) >= 11 is 0. The fourth-order valence-corrected chi connectivity index (χ4v) is 4.55. The van der Waals surface area contributed by atoms with Crippen LogP contribution in [0.5, 0.6) is 0 Å². The predicted octanol–water partition coefficient (Wildman–Crippen LogP) is 1.54. The van der Waals surface area contributed by atoms with Gasteiger partial charge in [0.2, 0.25) is 10.0 Å². The normalized spacial score (nSPS) is 22.3. The van der Waals surface area contributed by atoms with E-state index in [0.29, 0.717) is 30.5 Å². The summed E-state index contributed by atoms with van der Waals surface area (Å²) in [5.41, 5.74) is 5.73. The van der Waals surface area contributed by atoms with Crippen LogP contribution in [-0.4, -0.2) is 31.9 Å². The fourth-order valence-electron chi connectivity index (χ4n) is 2.89. The monoisotopic (exact) mass is 336 g/mol. The Morgan fingerprint density at radius 3 is 2.70 bits per heavy atom. The molecule has 1 aromatic carbocycles. The number of rotatable bonds is 2. The topological polar surface area (TPSA) is 93.6 Å². The van der Waals surface area contributed by atoms with E-state index in [1.54, 1.807) is 6.07 Å². The molecule has 3 rings (SSSR count). The molecule has 7 heteroatoms. The first-order valence-electron chi connectivity index (χ1n) is 7.50. The number of hydrogen-bond donors (Lipinski definition) is 1. The van der Waals surface area contributed by atoms with Gasteiger partial charge >= 0.3 is 5.63 Å². The molecule has 1 aromatic heterocycles. The summed E-state index contributed by atoms with van der Waals surface area (Å²) in [6.45, 7) is 4.76. The Labute approximate surface area is 134 Å². The highest BCUT2D eigenvalue weighted by Gasteiger charge is 2.38. The van der Waals surface area contributed by atoms with E-state index in [4.69, 9.17) is 10.2 Å². The first kappa shape index (κ1) is 16.2. The van der Waals surface area contributed by atoms with E-state index < -0.39 is 15.6 Å². The summed E-state index contributed by atoms with van der Waals surface area (Å²) in [4.78, 5) is 11.4. The molecule has 23 heavy (non-hydrogen) atoms. The second-order valence-corrected chi connectivity index (χ2v) is 8.61. The van der Waals surface area contributed by atoms with Crippen molar-refractivity contribution in [1.82, 2.24) is 4.31 Å². The van der Waals surface area contributed by atoms with E-state index in [1.165, 1.54) is 28.6 Å². The first-order chi connectivity index (χ1) is 10.7. The Kier molecular flexibility index (Phi) is 3.82. The Bertz CT molecular complexity index is 902. The van der Waals surface area contributed by atoms with Crippen LogP contribution >= 0.6 is 0 Å². The van der Waals surface area contributed by atoms with Gasteiger partial charge in [-0.1, -0.05) is 13.8 Å². The van der Waals surface area contributed by atoms with Crippen LogP contribution < -0.4 is 11.4 Å². The summed E-state index contributed by atoms with van der Waals surface area (Å²) < 4.78 is 32.3. The molecule has 1 fully saturated rings. The van der Waals surface area contributed by atoms with E-state index in [0.717, 1.165) is 0 Å². The van der Waals surface area contributed by atoms with Gasteiger partial charge in [-0.3, -0.25) is 0 Å². The number of hydrogen-bond acceptors (Lipinski definition) is 5. The fraction of sp³-hybridized carbons (Fsp3) is 0.438. The zero-order valence-corrected chi connectivity index (χ0v) is 14.0. The van der Waals surface area contributed by atoms with E-state index >= 15 is 0 Å². The lowest BCUT2D eigenvalue weighted by Crippen LogP contribution is -2.53. The standard InChI is InChI=1S/C16H20N2O4S/c1-16(2)10-18(8-7-14(16)17)23(20,21)12-4-5-13-11(9-12)3-6-15(19)22-13/h3-6,9,14H,7-8,10,17H2,1-2H3. The Hall–Kier alpha value is -1.70. The van der Waals surface area contributed by atoms with Crippen LogP contribution in [0.4, 0.5) is 0 Å². The summed E-state index contributed by atoms with van der Waals surface area (Å²) in [7, 11) is -3.60. The summed E-state index contributed by atoms with van der Waals surface area (Å²) in [6.07, 6.45) is 0.634. The number of nitrogens with zero attached hydrogens (tertiary/aromatic N) is 1. The Morgan fingerprint density at radius 1 is 1.26 bits per heavy atom. The molecule has 1 unspecified atom stereocenters. The lowest BCUT2D eigenvalue weighted by molar-refractivity contribution is 0.155. The van der Waals surface area contributed by atoms with Crippen molar-refractivity contribution in [2.24, 2.45) is 11.1 Å². The summed E-state index contributed by atoms with van der Waals surface area (Å²) in [5, 5.41) is 0.582. The van der Waals surface area contributed by atoms with Crippen LogP contribution in [-0.2, 0) is 10.0 Å². The predicted molar refractivity (Wildman–Crippen MR) is 87.6 cm³/mol. The molecule has 0 saturated carbocycles. The summed E-state index contributed by atoms with van der Waals surface area (Å²) in [6, 6.07) is 7.36. The summed E-state index contributed by atoms with van der Waals surface area (Å²) in [5.74, 6) is 0. The van der Waals surface area contributed by atoms with Crippen LogP contribution in [0.1, 0.15) is 20.3 Å². The molecule has 1 aliphatic heterocycles. The zero-order chi connectivity index (χ0) is 16.8. The van der Waals surface area contributed by atoms with Gasteiger partial charge in [0.15, 0.2) is 0 Å². The van der Waals surface area contributed by atoms with Crippen molar-refractivity contribution in [3.63, 3.8) is 0 Å². The van der Waals surface area contributed by atoms with Crippen molar-refractivity contribution in [2.45, 2.75) is 31.2 Å². The highest BCUT2D eigenvalue weighted by molar-refractivity contribution is 7.89. The Balaban J connectivity index is 1.99. The molecule has 0 aliphatic carbocycles. The van der Waals surface area contributed by atoms with Crippen molar-refractivity contribution < 1.29 is 12.8 Å². The van der Waals surface area contributed by atoms with Crippen LogP contribution in [0.25, 0.3) is 11.0 Å². The molecule has 2 aromatic rings. The molecular weight excluding hydrogens is 316 g/mol. The number of nitrogens with two attached hydrogens (primary N) is 1. The van der Waals surface area contributed by atoms with Gasteiger partial charge in [0.1, 0.15) is 5.58 Å². The number of piperidine rings is 1. The number of benzene rings is 1. The third-order valence-electron chi connectivity index (χ3n) is 4.51. The lowest BCUT2D eigenvalue weighted by atomic mass is 9.81. The third-order valence-corrected chi connectivity index (χ3v) is 6.35. The average Bonchev–Trinajstić information content (AvgIpc) is 2.49. The van der Waals surface area contributed by atoms with Crippen molar-refractivity contribution in [3.05, 3.63) is 40.8 Å². The SMILES string of the molecule is CC1(C)CN(S(=O)(=O)c2ccc3oc(=O)ccc3c2)CCC1N. The number of sulfonamides is 1. The van der Waals surface area contributed by atoms with Gasteiger partial charge in [0.25, 0.3) is 0 Å². The molecule has 124 valence electrons. The van der Waals surface area contributed by atoms with Gasteiger partial charge in [-0.05, 0) is 36.1 Å². The quantitative estimate of drug-likeness (QED) is 0.840. The van der Waals surface area contributed by atoms with Crippen LogP contribution in [0.2, 0.25) is 0 Å². The van der Waals surface area contributed by atoms with Gasteiger partial charge < -0.3 is 10.2 Å². The molecule has 0 bridgehead atoms. The highest BCUT2D eigenvalue weighted by Crippen LogP contribution is 2.31. The van der Waals surface area contributed by atoms with E-state index in [9.17, 15) is 13.2 Å². The highest BCUT2D eigenvalue weighted by atomic mass is 32.2. The van der Waals surface area contributed by atoms with E-state index in [1.807, 2.05) is 13.8 Å². The van der Waals surface area contributed by atoms with E-state index in [-0.39, 0.29) is 16.4 Å². The maximum absolute atomic E-state index is 12.9. The van der Waals surface area contributed by atoms with Crippen molar-refractivity contribution in [1.29, 1.82) is 0 Å². The molecule has 1 atom stereocenters. The molecule has 1 aliphatic rings. The minimum Gasteiger partial charge on any atom is -0.423 e. The van der Waals surface area contributed by atoms with Gasteiger partial charge in [-0.25, -0.2) is 13.2 Å². The van der Waals surface area contributed by atoms with Gasteiger partial charge in [-0.15, -0.1) is 0 Å².